The van der Waals surface area contributed by atoms with Crippen molar-refractivity contribution in [1.82, 2.24) is 0 Å². The van der Waals surface area contributed by atoms with Crippen LogP contribution in [0.25, 0.3) is 0 Å². The van der Waals surface area contributed by atoms with Crippen molar-refractivity contribution < 1.29 is 14.2 Å². The number of benzene rings is 1. The van der Waals surface area contributed by atoms with Gasteiger partial charge in [-0.1, -0.05) is 12.1 Å². The lowest BCUT2D eigenvalue weighted by atomic mass is 10.3. The Hall–Kier alpha value is -1.73. The average Bonchev–Trinajstić information content (AvgIpc) is 2.32. The van der Waals surface area contributed by atoms with Gasteiger partial charge >= 0.3 is 0 Å². The van der Waals surface area contributed by atoms with Crippen LogP contribution in [-0.4, -0.2) is 19.5 Å². The maximum Gasteiger partial charge on any atom is 0.197 e. The molecule has 0 saturated carbocycles. The Labute approximate surface area is 102 Å². The molecule has 0 N–H and O–H groups in total. The van der Waals surface area contributed by atoms with Gasteiger partial charge in [0.25, 0.3) is 0 Å². The Bertz CT molecular complexity index is 373. The third-order valence-corrected chi connectivity index (χ3v) is 2.01. The van der Waals surface area contributed by atoms with E-state index in [9.17, 15) is 0 Å². The SMILES string of the molecule is CCOc1ccccc1OC(C)OCCC#N. The van der Waals surface area contributed by atoms with Gasteiger partial charge in [0.2, 0.25) is 0 Å². The number of nitriles is 1. The van der Waals surface area contributed by atoms with Crippen molar-refractivity contribution in [2.75, 3.05) is 13.2 Å². The lowest BCUT2D eigenvalue weighted by molar-refractivity contribution is -0.0656. The number of rotatable bonds is 7. The highest BCUT2D eigenvalue weighted by molar-refractivity contribution is 5.39. The molecule has 0 aliphatic rings. The summed E-state index contributed by atoms with van der Waals surface area (Å²) in [7, 11) is 0. The summed E-state index contributed by atoms with van der Waals surface area (Å²) in [4.78, 5) is 0. The molecule has 0 saturated heterocycles. The van der Waals surface area contributed by atoms with Crippen LogP contribution in [0.3, 0.4) is 0 Å². The molecule has 4 nitrogen and oxygen atoms in total. The van der Waals surface area contributed by atoms with Crippen molar-refractivity contribution in [3.63, 3.8) is 0 Å². The third-order valence-electron chi connectivity index (χ3n) is 2.01. The molecule has 1 aromatic rings. The topological polar surface area (TPSA) is 51.5 Å². The maximum atomic E-state index is 8.39. The summed E-state index contributed by atoms with van der Waals surface area (Å²) in [6, 6.07) is 9.45. The second kappa shape index (κ2) is 7.53. The van der Waals surface area contributed by atoms with Crippen LogP contribution in [0.15, 0.2) is 24.3 Å². The summed E-state index contributed by atoms with van der Waals surface area (Å²) in [5.74, 6) is 1.35. The second-order valence-electron chi connectivity index (χ2n) is 3.34. The van der Waals surface area contributed by atoms with Gasteiger partial charge in [-0.25, -0.2) is 0 Å². The first-order valence-electron chi connectivity index (χ1n) is 5.65. The predicted molar refractivity (Wildman–Crippen MR) is 63.9 cm³/mol. The minimum absolute atomic E-state index is 0.362. The summed E-state index contributed by atoms with van der Waals surface area (Å²) in [6.45, 7) is 4.67. The van der Waals surface area contributed by atoms with E-state index in [4.69, 9.17) is 19.5 Å². The Kier molecular flexibility index (Phi) is 5.91. The van der Waals surface area contributed by atoms with Crippen molar-refractivity contribution in [1.29, 1.82) is 5.26 Å². The van der Waals surface area contributed by atoms with Crippen LogP contribution in [0.1, 0.15) is 20.3 Å². The maximum absolute atomic E-state index is 8.39. The number of hydrogen-bond donors (Lipinski definition) is 0. The highest BCUT2D eigenvalue weighted by Crippen LogP contribution is 2.27. The fraction of sp³-hybridized carbons (Fsp3) is 0.462. The zero-order valence-electron chi connectivity index (χ0n) is 10.2. The summed E-state index contributed by atoms with van der Waals surface area (Å²) < 4.78 is 16.3. The molecule has 1 aromatic carbocycles. The van der Waals surface area contributed by atoms with E-state index in [0.29, 0.717) is 31.1 Å². The van der Waals surface area contributed by atoms with Crippen LogP contribution in [0, 0.1) is 11.3 Å². The lowest BCUT2D eigenvalue weighted by Crippen LogP contribution is -2.17. The number of para-hydroxylation sites is 2. The third kappa shape index (κ3) is 4.75. The smallest absolute Gasteiger partial charge is 0.197 e. The molecule has 1 rings (SSSR count). The minimum Gasteiger partial charge on any atom is -0.490 e. The summed E-state index contributed by atoms with van der Waals surface area (Å²) in [5, 5.41) is 8.39. The molecule has 0 spiro atoms. The van der Waals surface area contributed by atoms with Gasteiger partial charge in [0, 0.05) is 0 Å². The molecule has 0 heterocycles. The lowest BCUT2D eigenvalue weighted by Gasteiger charge is -2.17. The Balaban J connectivity index is 2.52. The summed E-state index contributed by atoms with van der Waals surface area (Å²) in [6.07, 6.45) is -0.0363. The fourth-order valence-corrected chi connectivity index (χ4v) is 1.31. The Morgan fingerprint density at radius 1 is 1.29 bits per heavy atom. The monoisotopic (exact) mass is 235 g/mol. The van der Waals surface area contributed by atoms with Crippen molar-refractivity contribution >= 4 is 0 Å². The second-order valence-corrected chi connectivity index (χ2v) is 3.34. The van der Waals surface area contributed by atoms with Crippen molar-refractivity contribution in [3.8, 4) is 17.6 Å². The van der Waals surface area contributed by atoms with Gasteiger partial charge in [0.1, 0.15) is 0 Å². The van der Waals surface area contributed by atoms with E-state index in [-0.39, 0.29) is 0 Å². The minimum atomic E-state index is -0.398. The molecule has 0 aromatic heterocycles. The van der Waals surface area contributed by atoms with Crippen LogP contribution in [-0.2, 0) is 4.74 Å². The quantitative estimate of drug-likeness (QED) is 0.538. The van der Waals surface area contributed by atoms with Crippen LogP contribution in [0.4, 0.5) is 0 Å². The van der Waals surface area contributed by atoms with Gasteiger partial charge in [-0.3, -0.25) is 0 Å². The standard InChI is InChI=1S/C13H17NO3/c1-3-15-12-7-4-5-8-13(12)17-11(2)16-10-6-9-14/h4-5,7-8,11H,3,6,10H2,1-2H3. The molecule has 92 valence electrons. The van der Waals surface area contributed by atoms with Gasteiger partial charge < -0.3 is 14.2 Å². The number of hydrogen-bond acceptors (Lipinski definition) is 4. The van der Waals surface area contributed by atoms with E-state index in [1.807, 2.05) is 37.3 Å². The number of ether oxygens (including phenoxy) is 3. The molecule has 1 unspecified atom stereocenters. The fourth-order valence-electron chi connectivity index (χ4n) is 1.31. The first-order valence-corrected chi connectivity index (χ1v) is 5.65. The largest absolute Gasteiger partial charge is 0.490 e. The first-order chi connectivity index (χ1) is 8.27. The zero-order valence-corrected chi connectivity index (χ0v) is 10.2. The molecule has 0 aliphatic heterocycles. The van der Waals surface area contributed by atoms with Gasteiger partial charge in [-0.2, -0.15) is 5.26 Å². The van der Waals surface area contributed by atoms with Gasteiger partial charge in [-0.15, -0.1) is 0 Å². The molecular weight excluding hydrogens is 218 g/mol. The van der Waals surface area contributed by atoms with Crippen LogP contribution in [0.2, 0.25) is 0 Å². The molecule has 0 aliphatic carbocycles. The molecule has 0 amide bonds. The van der Waals surface area contributed by atoms with E-state index in [1.54, 1.807) is 6.92 Å². The van der Waals surface area contributed by atoms with Crippen LogP contribution < -0.4 is 9.47 Å². The first kappa shape index (κ1) is 13.3. The zero-order chi connectivity index (χ0) is 12.5. The van der Waals surface area contributed by atoms with Crippen molar-refractivity contribution in [2.45, 2.75) is 26.6 Å². The van der Waals surface area contributed by atoms with Gasteiger partial charge in [-0.05, 0) is 26.0 Å². The molecule has 0 radical (unpaired) electrons. The summed E-state index contributed by atoms with van der Waals surface area (Å²) in [5.41, 5.74) is 0. The highest BCUT2D eigenvalue weighted by atomic mass is 16.7. The Morgan fingerprint density at radius 2 is 2.00 bits per heavy atom. The van der Waals surface area contributed by atoms with Gasteiger partial charge in [0.05, 0.1) is 25.7 Å². The van der Waals surface area contributed by atoms with E-state index in [2.05, 4.69) is 0 Å². The molecular formula is C13H17NO3. The average molecular weight is 235 g/mol. The molecule has 4 heteroatoms. The number of nitrogens with zero attached hydrogens (tertiary/aromatic N) is 1. The van der Waals surface area contributed by atoms with Crippen molar-refractivity contribution in [2.24, 2.45) is 0 Å². The Morgan fingerprint density at radius 3 is 2.65 bits per heavy atom. The molecule has 17 heavy (non-hydrogen) atoms. The van der Waals surface area contributed by atoms with E-state index >= 15 is 0 Å². The van der Waals surface area contributed by atoms with Crippen LogP contribution in [0.5, 0.6) is 11.5 Å². The molecule has 1 atom stereocenters. The summed E-state index contributed by atoms with van der Waals surface area (Å²) >= 11 is 0. The van der Waals surface area contributed by atoms with E-state index in [0.717, 1.165) is 0 Å². The van der Waals surface area contributed by atoms with Gasteiger partial charge in [0.15, 0.2) is 17.8 Å². The van der Waals surface area contributed by atoms with Crippen LogP contribution >= 0.6 is 0 Å². The predicted octanol–water partition coefficient (Wildman–Crippen LogP) is 2.74. The van der Waals surface area contributed by atoms with E-state index < -0.39 is 6.29 Å². The normalized spacial score (nSPS) is 11.6. The van der Waals surface area contributed by atoms with Crippen molar-refractivity contribution in [3.05, 3.63) is 24.3 Å². The highest BCUT2D eigenvalue weighted by Gasteiger charge is 2.08. The van der Waals surface area contributed by atoms with E-state index in [1.165, 1.54) is 0 Å². The molecule has 0 bridgehead atoms. The molecule has 0 fully saturated rings.